The second-order valence-corrected chi connectivity index (χ2v) is 4.66. The normalized spacial score (nSPS) is 18.1. The Morgan fingerprint density at radius 2 is 1.94 bits per heavy atom. The molecule has 1 saturated carbocycles. The average Bonchev–Trinajstić information content (AvgIpc) is 2.26. The molecule has 1 rings (SSSR count). The molecule has 17 heavy (non-hydrogen) atoms. The van der Waals surface area contributed by atoms with Gasteiger partial charge in [-0.15, -0.1) is 12.3 Å². The van der Waals surface area contributed by atoms with E-state index in [2.05, 4.69) is 11.2 Å². The van der Waals surface area contributed by atoms with Crippen molar-refractivity contribution in [3.63, 3.8) is 0 Å². The van der Waals surface area contributed by atoms with Crippen LogP contribution in [0, 0.1) is 12.3 Å². The second-order valence-electron chi connectivity index (χ2n) is 4.66. The zero-order valence-corrected chi connectivity index (χ0v) is 10.00. The standard InChI is InChI=1S/C13H19NO3/c1-2-3-7-11(15)14-13(10-12(16)17)8-5-4-6-9-13/h1H,3-10H2,(H,14,15)(H,16,17). The number of carboxylic acid groups (broad SMARTS) is 1. The molecule has 0 heterocycles. The number of terminal acetylenes is 1. The van der Waals surface area contributed by atoms with Crippen molar-refractivity contribution in [1.82, 2.24) is 5.32 Å². The number of amides is 1. The number of hydrogen-bond acceptors (Lipinski definition) is 2. The number of nitrogens with one attached hydrogen (secondary N) is 1. The fourth-order valence-corrected chi connectivity index (χ4v) is 2.41. The minimum Gasteiger partial charge on any atom is -0.481 e. The van der Waals surface area contributed by atoms with E-state index in [9.17, 15) is 9.59 Å². The number of rotatable bonds is 5. The lowest BCUT2D eigenvalue weighted by Gasteiger charge is -2.37. The fourth-order valence-electron chi connectivity index (χ4n) is 2.41. The molecule has 0 spiro atoms. The molecule has 0 aromatic heterocycles. The molecule has 0 aromatic carbocycles. The van der Waals surface area contributed by atoms with Crippen LogP contribution in [0.25, 0.3) is 0 Å². The Kier molecular flexibility index (Phi) is 5.02. The van der Waals surface area contributed by atoms with Gasteiger partial charge in [0.15, 0.2) is 0 Å². The summed E-state index contributed by atoms with van der Waals surface area (Å²) < 4.78 is 0. The molecular weight excluding hydrogens is 218 g/mol. The Morgan fingerprint density at radius 1 is 1.29 bits per heavy atom. The van der Waals surface area contributed by atoms with Crippen LogP contribution in [0.5, 0.6) is 0 Å². The van der Waals surface area contributed by atoms with E-state index in [1.54, 1.807) is 0 Å². The number of carboxylic acids is 1. The van der Waals surface area contributed by atoms with Crippen molar-refractivity contribution in [2.75, 3.05) is 0 Å². The van der Waals surface area contributed by atoms with Crippen LogP contribution in [-0.4, -0.2) is 22.5 Å². The fraction of sp³-hybridized carbons (Fsp3) is 0.692. The Bertz CT molecular complexity index is 324. The second kappa shape index (κ2) is 6.29. The predicted molar refractivity (Wildman–Crippen MR) is 64.3 cm³/mol. The average molecular weight is 237 g/mol. The smallest absolute Gasteiger partial charge is 0.305 e. The first kappa shape index (κ1) is 13.6. The molecule has 4 nitrogen and oxygen atoms in total. The van der Waals surface area contributed by atoms with E-state index in [0.29, 0.717) is 6.42 Å². The van der Waals surface area contributed by atoms with Crippen LogP contribution in [0.3, 0.4) is 0 Å². The van der Waals surface area contributed by atoms with E-state index in [0.717, 1.165) is 32.1 Å². The summed E-state index contributed by atoms with van der Waals surface area (Å²) in [5.74, 6) is 1.42. The molecule has 1 aliphatic carbocycles. The molecular formula is C13H19NO3. The molecule has 0 bridgehead atoms. The topological polar surface area (TPSA) is 66.4 Å². The third kappa shape index (κ3) is 4.48. The highest BCUT2D eigenvalue weighted by atomic mass is 16.4. The predicted octanol–water partition coefficient (Wildman–Crippen LogP) is 1.69. The molecule has 0 aromatic rings. The quantitative estimate of drug-likeness (QED) is 0.715. The van der Waals surface area contributed by atoms with Crippen LogP contribution in [0.2, 0.25) is 0 Å². The van der Waals surface area contributed by atoms with Gasteiger partial charge in [-0.1, -0.05) is 19.3 Å². The van der Waals surface area contributed by atoms with Crippen LogP contribution in [0.15, 0.2) is 0 Å². The summed E-state index contributed by atoms with van der Waals surface area (Å²) >= 11 is 0. The first-order valence-corrected chi connectivity index (χ1v) is 6.04. The van der Waals surface area contributed by atoms with Crippen LogP contribution >= 0.6 is 0 Å². The summed E-state index contributed by atoms with van der Waals surface area (Å²) in [6.07, 6.45) is 10.3. The highest BCUT2D eigenvalue weighted by Crippen LogP contribution is 2.31. The van der Waals surface area contributed by atoms with Gasteiger partial charge in [0.2, 0.25) is 5.91 Å². The molecule has 1 aliphatic rings. The Labute approximate surface area is 102 Å². The van der Waals surface area contributed by atoms with Crippen LogP contribution < -0.4 is 5.32 Å². The summed E-state index contributed by atoms with van der Waals surface area (Å²) in [5.41, 5.74) is -0.546. The molecule has 0 aliphatic heterocycles. The van der Waals surface area contributed by atoms with Crippen molar-refractivity contribution in [3.8, 4) is 12.3 Å². The van der Waals surface area contributed by atoms with Crippen molar-refractivity contribution in [2.45, 2.75) is 56.9 Å². The van der Waals surface area contributed by atoms with Gasteiger partial charge >= 0.3 is 5.97 Å². The molecule has 0 unspecified atom stereocenters. The molecule has 2 N–H and O–H groups in total. The van der Waals surface area contributed by atoms with Gasteiger partial charge in [0, 0.05) is 12.8 Å². The van der Waals surface area contributed by atoms with Crippen LogP contribution in [0.4, 0.5) is 0 Å². The number of hydrogen-bond donors (Lipinski definition) is 2. The minimum atomic E-state index is -0.857. The summed E-state index contributed by atoms with van der Waals surface area (Å²) in [4.78, 5) is 22.5. The van der Waals surface area contributed by atoms with Crippen molar-refractivity contribution < 1.29 is 14.7 Å². The Balaban J connectivity index is 2.60. The maximum Gasteiger partial charge on any atom is 0.305 e. The number of carbonyl (C=O) groups is 2. The molecule has 1 amide bonds. The summed E-state index contributed by atoms with van der Waals surface area (Å²) in [6.45, 7) is 0. The highest BCUT2D eigenvalue weighted by molar-refractivity contribution is 5.78. The van der Waals surface area contributed by atoms with E-state index in [4.69, 9.17) is 11.5 Å². The highest BCUT2D eigenvalue weighted by Gasteiger charge is 2.35. The van der Waals surface area contributed by atoms with E-state index in [1.807, 2.05) is 0 Å². The van der Waals surface area contributed by atoms with Gasteiger partial charge in [0.25, 0.3) is 0 Å². The molecule has 0 radical (unpaired) electrons. The zero-order chi connectivity index (χ0) is 12.7. The SMILES string of the molecule is C#CCCC(=O)NC1(CC(=O)O)CCCCC1. The van der Waals surface area contributed by atoms with Crippen LogP contribution in [-0.2, 0) is 9.59 Å². The van der Waals surface area contributed by atoms with Gasteiger partial charge in [0.05, 0.1) is 12.0 Å². The molecule has 1 fully saturated rings. The van der Waals surface area contributed by atoms with Crippen molar-refractivity contribution in [3.05, 3.63) is 0 Å². The summed E-state index contributed by atoms with van der Waals surface area (Å²) in [6, 6.07) is 0. The lowest BCUT2D eigenvalue weighted by Crippen LogP contribution is -2.51. The van der Waals surface area contributed by atoms with Gasteiger partial charge in [0.1, 0.15) is 0 Å². The molecule has 0 atom stereocenters. The maximum absolute atomic E-state index is 11.7. The summed E-state index contributed by atoms with van der Waals surface area (Å²) in [5, 5.41) is 11.8. The van der Waals surface area contributed by atoms with Crippen molar-refractivity contribution in [2.24, 2.45) is 0 Å². The molecule has 4 heteroatoms. The van der Waals surface area contributed by atoms with Crippen molar-refractivity contribution >= 4 is 11.9 Å². The third-order valence-electron chi connectivity index (χ3n) is 3.20. The first-order valence-electron chi connectivity index (χ1n) is 6.04. The van der Waals surface area contributed by atoms with Gasteiger partial charge in [-0.2, -0.15) is 0 Å². The van der Waals surface area contributed by atoms with Gasteiger partial charge in [-0.05, 0) is 12.8 Å². The lowest BCUT2D eigenvalue weighted by atomic mass is 9.79. The van der Waals surface area contributed by atoms with E-state index < -0.39 is 11.5 Å². The van der Waals surface area contributed by atoms with E-state index in [-0.39, 0.29) is 18.7 Å². The molecule has 0 saturated heterocycles. The zero-order valence-electron chi connectivity index (χ0n) is 10.00. The Morgan fingerprint density at radius 3 is 2.47 bits per heavy atom. The largest absolute Gasteiger partial charge is 0.481 e. The lowest BCUT2D eigenvalue weighted by molar-refractivity contribution is -0.139. The number of aliphatic carboxylic acids is 1. The first-order chi connectivity index (χ1) is 8.08. The van der Waals surface area contributed by atoms with Crippen LogP contribution in [0.1, 0.15) is 51.4 Å². The van der Waals surface area contributed by atoms with Crippen molar-refractivity contribution in [1.29, 1.82) is 0 Å². The van der Waals surface area contributed by atoms with Gasteiger partial charge < -0.3 is 10.4 Å². The summed E-state index contributed by atoms with van der Waals surface area (Å²) in [7, 11) is 0. The van der Waals surface area contributed by atoms with E-state index >= 15 is 0 Å². The van der Waals surface area contributed by atoms with Gasteiger partial charge in [-0.25, -0.2) is 0 Å². The Hall–Kier alpha value is -1.50. The minimum absolute atomic E-state index is 0.00872. The molecule has 94 valence electrons. The monoisotopic (exact) mass is 237 g/mol. The van der Waals surface area contributed by atoms with E-state index in [1.165, 1.54) is 0 Å². The number of carbonyl (C=O) groups excluding carboxylic acids is 1. The maximum atomic E-state index is 11.7. The van der Waals surface area contributed by atoms with Gasteiger partial charge in [-0.3, -0.25) is 9.59 Å². The third-order valence-corrected chi connectivity index (χ3v) is 3.20.